The summed E-state index contributed by atoms with van der Waals surface area (Å²) in [6, 6.07) is 5.84. The van der Waals surface area contributed by atoms with Crippen LogP contribution in [0.25, 0.3) is 16.7 Å². The number of halogens is 2. The molecule has 3 aromatic rings. The first-order valence-corrected chi connectivity index (χ1v) is 9.64. The van der Waals surface area contributed by atoms with Crippen molar-refractivity contribution in [1.29, 1.82) is 0 Å². The Hall–Kier alpha value is -3.47. The largest absolute Gasteiger partial charge is 0.311 e. The second-order valence-electron chi connectivity index (χ2n) is 7.56. The van der Waals surface area contributed by atoms with Gasteiger partial charge in [0.1, 0.15) is 11.5 Å². The first-order chi connectivity index (χ1) is 14.6. The summed E-state index contributed by atoms with van der Waals surface area (Å²) in [6.07, 6.45) is 1.50. The molecule has 0 saturated carbocycles. The molecule has 1 aliphatic rings. The standard InChI is InChI=1S/C20H21F2N7O2/c1-12(30)24-16-9-14-13(10-23-16)19(28-8-7-27(3)11-18(28)31)26-29(14)17-6-4-5-15(25-17)20(2,21)22/h4-6,9-10H,7-8,11H2,1-3H3,(H,23,24,30). The van der Waals surface area contributed by atoms with E-state index in [0.29, 0.717) is 29.8 Å². The monoisotopic (exact) mass is 429 g/mol. The van der Waals surface area contributed by atoms with Crippen molar-refractivity contribution >= 4 is 34.4 Å². The Morgan fingerprint density at radius 3 is 2.71 bits per heavy atom. The van der Waals surface area contributed by atoms with Crippen molar-refractivity contribution in [1.82, 2.24) is 24.6 Å². The minimum Gasteiger partial charge on any atom is -0.311 e. The van der Waals surface area contributed by atoms with Crippen LogP contribution in [0.1, 0.15) is 19.5 Å². The van der Waals surface area contributed by atoms with Gasteiger partial charge in [-0.05, 0) is 19.2 Å². The molecule has 3 aromatic heterocycles. The summed E-state index contributed by atoms with van der Waals surface area (Å²) in [7, 11) is 1.85. The lowest BCUT2D eigenvalue weighted by molar-refractivity contribution is -0.120. The van der Waals surface area contributed by atoms with Gasteiger partial charge in [-0.25, -0.2) is 14.6 Å². The van der Waals surface area contributed by atoms with E-state index >= 15 is 0 Å². The summed E-state index contributed by atoms with van der Waals surface area (Å²) in [6.45, 7) is 3.45. The smallest absolute Gasteiger partial charge is 0.287 e. The van der Waals surface area contributed by atoms with Crippen molar-refractivity contribution in [2.24, 2.45) is 0 Å². The number of aromatic nitrogens is 4. The molecular weight excluding hydrogens is 408 g/mol. The molecule has 0 bridgehead atoms. The van der Waals surface area contributed by atoms with Crippen LogP contribution in [0, 0.1) is 0 Å². The van der Waals surface area contributed by atoms with Gasteiger partial charge in [-0.2, -0.15) is 8.78 Å². The zero-order chi connectivity index (χ0) is 22.3. The highest BCUT2D eigenvalue weighted by Gasteiger charge is 2.29. The van der Waals surface area contributed by atoms with Crippen LogP contribution < -0.4 is 10.2 Å². The van der Waals surface area contributed by atoms with Gasteiger partial charge in [0.15, 0.2) is 11.6 Å². The van der Waals surface area contributed by atoms with Crippen LogP contribution in [0.2, 0.25) is 0 Å². The molecule has 2 amide bonds. The molecule has 31 heavy (non-hydrogen) atoms. The summed E-state index contributed by atoms with van der Waals surface area (Å²) in [4.78, 5) is 35.9. The molecule has 11 heteroatoms. The summed E-state index contributed by atoms with van der Waals surface area (Å²) in [5.41, 5.74) is 0.0755. The number of amides is 2. The molecule has 4 heterocycles. The maximum absolute atomic E-state index is 13.8. The van der Waals surface area contributed by atoms with Gasteiger partial charge in [0.05, 0.1) is 17.4 Å². The highest BCUT2D eigenvalue weighted by molar-refractivity contribution is 6.03. The Labute approximate surface area is 176 Å². The number of hydrogen-bond donors (Lipinski definition) is 1. The van der Waals surface area contributed by atoms with E-state index in [4.69, 9.17) is 0 Å². The topological polar surface area (TPSA) is 96.3 Å². The maximum Gasteiger partial charge on any atom is 0.287 e. The van der Waals surface area contributed by atoms with Crippen molar-refractivity contribution in [2.75, 3.05) is 36.9 Å². The molecule has 162 valence electrons. The molecule has 1 aliphatic heterocycles. The number of likely N-dealkylation sites (N-methyl/N-ethyl adjacent to an activating group) is 1. The van der Waals surface area contributed by atoms with Crippen LogP contribution in [0.3, 0.4) is 0 Å². The molecular formula is C20H21F2N7O2. The first-order valence-electron chi connectivity index (χ1n) is 9.64. The van der Waals surface area contributed by atoms with Crippen LogP contribution in [-0.4, -0.2) is 63.1 Å². The molecule has 0 atom stereocenters. The number of carbonyl (C=O) groups excluding carboxylic acids is 2. The number of alkyl halides is 2. The van der Waals surface area contributed by atoms with Gasteiger partial charge in [-0.1, -0.05) is 6.07 Å². The van der Waals surface area contributed by atoms with Crippen LogP contribution in [0.5, 0.6) is 0 Å². The van der Waals surface area contributed by atoms with E-state index in [2.05, 4.69) is 20.4 Å². The molecule has 9 nitrogen and oxygen atoms in total. The SMILES string of the molecule is CC(=O)Nc1cc2c(cn1)c(N1CCN(C)CC1=O)nn2-c1cccc(C(C)(F)F)n1. The third-order valence-electron chi connectivity index (χ3n) is 4.92. The van der Waals surface area contributed by atoms with E-state index in [1.54, 1.807) is 17.0 Å². The second-order valence-corrected chi connectivity index (χ2v) is 7.56. The molecule has 0 radical (unpaired) electrons. The minimum atomic E-state index is -3.13. The van der Waals surface area contributed by atoms with E-state index < -0.39 is 11.6 Å². The Morgan fingerprint density at radius 2 is 2.03 bits per heavy atom. The van der Waals surface area contributed by atoms with E-state index in [-0.39, 0.29) is 30.0 Å². The molecule has 1 saturated heterocycles. The highest BCUT2D eigenvalue weighted by atomic mass is 19.3. The number of pyridine rings is 2. The second kappa shape index (κ2) is 7.65. The number of rotatable bonds is 4. The number of fused-ring (bicyclic) bond motifs is 1. The van der Waals surface area contributed by atoms with Crippen molar-refractivity contribution < 1.29 is 18.4 Å². The van der Waals surface area contributed by atoms with Crippen LogP contribution in [-0.2, 0) is 15.5 Å². The van der Waals surface area contributed by atoms with Gasteiger partial charge in [0.25, 0.3) is 5.92 Å². The van der Waals surface area contributed by atoms with Gasteiger partial charge >= 0.3 is 0 Å². The quantitative estimate of drug-likeness (QED) is 0.683. The fourth-order valence-electron chi connectivity index (χ4n) is 3.42. The lowest BCUT2D eigenvalue weighted by Gasteiger charge is -2.30. The molecule has 1 N–H and O–H groups in total. The third-order valence-corrected chi connectivity index (χ3v) is 4.92. The third kappa shape index (κ3) is 4.08. The first kappa shape index (κ1) is 20.8. The van der Waals surface area contributed by atoms with Gasteiger partial charge in [0, 0.05) is 39.2 Å². The fourth-order valence-corrected chi connectivity index (χ4v) is 3.42. The van der Waals surface area contributed by atoms with Gasteiger partial charge < -0.3 is 5.32 Å². The number of nitrogens with one attached hydrogen (secondary N) is 1. The average molecular weight is 429 g/mol. The normalized spacial score (nSPS) is 15.5. The summed E-state index contributed by atoms with van der Waals surface area (Å²) in [5.74, 6) is -2.76. The lowest BCUT2D eigenvalue weighted by Crippen LogP contribution is -2.49. The number of carbonyl (C=O) groups is 2. The average Bonchev–Trinajstić information content (AvgIpc) is 3.05. The van der Waals surface area contributed by atoms with Gasteiger partial charge in [-0.3, -0.25) is 19.4 Å². The predicted molar refractivity (Wildman–Crippen MR) is 110 cm³/mol. The van der Waals surface area contributed by atoms with Crippen molar-refractivity contribution in [3.05, 3.63) is 36.2 Å². The molecule has 0 aliphatic carbocycles. The summed E-state index contributed by atoms with van der Waals surface area (Å²) >= 11 is 0. The number of hydrogen-bond acceptors (Lipinski definition) is 6. The lowest BCUT2D eigenvalue weighted by atomic mass is 10.2. The van der Waals surface area contributed by atoms with Crippen molar-refractivity contribution in [3.63, 3.8) is 0 Å². The molecule has 0 spiro atoms. The van der Waals surface area contributed by atoms with Crippen molar-refractivity contribution in [2.45, 2.75) is 19.8 Å². The number of piperazine rings is 1. The van der Waals surface area contributed by atoms with E-state index in [1.807, 2.05) is 11.9 Å². The van der Waals surface area contributed by atoms with Crippen LogP contribution >= 0.6 is 0 Å². The maximum atomic E-state index is 13.8. The fraction of sp³-hybridized carbons (Fsp3) is 0.350. The van der Waals surface area contributed by atoms with Crippen LogP contribution in [0.4, 0.5) is 20.4 Å². The predicted octanol–water partition coefficient (Wildman–Crippen LogP) is 2.16. The number of nitrogens with zero attached hydrogens (tertiary/aromatic N) is 6. The van der Waals surface area contributed by atoms with Crippen molar-refractivity contribution in [3.8, 4) is 5.82 Å². The Balaban J connectivity index is 1.89. The molecule has 1 fully saturated rings. The van der Waals surface area contributed by atoms with Gasteiger partial charge in [0.2, 0.25) is 11.8 Å². The minimum absolute atomic E-state index is 0.131. The Bertz CT molecular complexity index is 1170. The van der Waals surface area contributed by atoms with Crippen LogP contribution in [0.15, 0.2) is 30.5 Å². The zero-order valence-corrected chi connectivity index (χ0v) is 17.3. The molecule has 4 rings (SSSR count). The molecule has 0 unspecified atom stereocenters. The van der Waals surface area contributed by atoms with E-state index in [9.17, 15) is 18.4 Å². The number of anilines is 2. The summed E-state index contributed by atoms with van der Waals surface area (Å²) < 4.78 is 29.1. The van der Waals surface area contributed by atoms with E-state index in [0.717, 1.165) is 6.92 Å². The Kier molecular flexibility index (Phi) is 5.13. The van der Waals surface area contributed by atoms with E-state index in [1.165, 1.54) is 29.9 Å². The van der Waals surface area contributed by atoms with Gasteiger partial charge in [-0.15, -0.1) is 5.10 Å². The summed E-state index contributed by atoms with van der Waals surface area (Å²) in [5, 5.41) is 7.69. The molecule has 0 aromatic carbocycles. The Morgan fingerprint density at radius 1 is 1.26 bits per heavy atom. The zero-order valence-electron chi connectivity index (χ0n) is 17.3. The highest BCUT2D eigenvalue weighted by Crippen LogP contribution is 2.31.